The van der Waals surface area contributed by atoms with Crippen LogP contribution in [-0.4, -0.2) is 90.7 Å². The van der Waals surface area contributed by atoms with Gasteiger partial charge >= 0.3 is 0 Å². The summed E-state index contributed by atoms with van der Waals surface area (Å²) in [5.74, 6) is 1.29. The van der Waals surface area contributed by atoms with Crippen LogP contribution in [0.15, 0.2) is 40.2 Å². The van der Waals surface area contributed by atoms with E-state index in [4.69, 9.17) is 0 Å². The first-order chi connectivity index (χ1) is 14.2. The van der Waals surface area contributed by atoms with Crippen LogP contribution in [0.2, 0.25) is 0 Å². The number of hydrogen-bond donors (Lipinski definition) is 1. The lowest BCUT2D eigenvalue weighted by Crippen LogP contribution is -2.54. The van der Waals surface area contributed by atoms with Crippen molar-refractivity contribution in [1.29, 1.82) is 0 Å². The van der Waals surface area contributed by atoms with E-state index < -0.39 is 0 Å². The Morgan fingerprint density at radius 1 is 1.03 bits per heavy atom. The molecule has 0 bridgehead atoms. The third-order valence-corrected chi connectivity index (χ3v) is 7.65. The molecule has 166 valence electrons. The molecule has 2 saturated heterocycles. The summed E-state index contributed by atoms with van der Waals surface area (Å²) >= 11 is 1.99. The summed E-state index contributed by atoms with van der Waals surface area (Å²) in [6.45, 7) is 7.09. The van der Waals surface area contributed by atoms with Crippen molar-refractivity contribution in [3.8, 4) is 0 Å². The molecule has 1 aliphatic carbocycles. The maximum atomic E-state index is 12.4. The van der Waals surface area contributed by atoms with Gasteiger partial charge in [0.15, 0.2) is 5.96 Å². The number of amides is 1. The van der Waals surface area contributed by atoms with E-state index in [1.807, 2.05) is 23.7 Å². The van der Waals surface area contributed by atoms with Crippen LogP contribution in [0, 0.1) is 0 Å². The molecular weight excluding hydrogens is 509 g/mol. The van der Waals surface area contributed by atoms with Crippen LogP contribution in [0.25, 0.3) is 0 Å². The standard InChI is InChI=1S/C22H33N5OS.HI/c1-23-21(24-18-22(9-10-22)29-19-7-3-2-4-8-19)27-15-13-25(14-16-27)17-20(28)26-11-5-6-12-26;/h2-4,7-8H,5-6,9-18H2,1H3,(H,23,24);1H. The van der Waals surface area contributed by atoms with E-state index in [-0.39, 0.29) is 24.0 Å². The molecule has 2 aliphatic heterocycles. The third kappa shape index (κ3) is 6.26. The number of thioether (sulfide) groups is 1. The van der Waals surface area contributed by atoms with Gasteiger partial charge in [0.25, 0.3) is 0 Å². The number of hydrogen-bond acceptors (Lipinski definition) is 4. The molecule has 3 aliphatic rings. The number of nitrogens with zero attached hydrogens (tertiary/aromatic N) is 4. The normalized spacial score (nSPS) is 21.3. The summed E-state index contributed by atoms with van der Waals surface area (Å²) in [6, 6.07) is 10.7. The zero-order chi connectivity index (χ0) is 20.1. The SMILES string of the molecule is CN=C(NCC1(Sc2ccccc2)CC1)N1CCN(CC(=O)N2CCCC2)CC1.I. The van der Waals surface area contributed by atoms with Gasteiger partial charge in [-0.05, 0) is 37.8 Å². The fourth-order valence-corrected chi connectivity index (χ4v) is 5.38. The molecule has 0 radical (unpaired) electrons. The average molecular weight is 544 g/mol. The Morgan fingerprint density at radius 2 is 1.70 bits per heavy atom. The molecule has 0 unspecified atom stereocenters. The maximum absolute atomic E-state index is 12.4. The predicted octanol–water partition coefficient (Wildman–Crippen LogP) is 2.74. The third-order valence-electron chi connectivity index (χ3n) is 6.16. The van der Waals surface area contributed by atoms with Crippen molar-refractivity contribution in [2.45, 2.75) is 35.3 Å². The molecule has 3 fully saturated rings. The molecule has 0 spiro atoms. The fourth-order valence-electron chi connectivity index (χ4n) is 4.14. The van der Waals surface area contributed by atoms with Crippen LogP contribution in [0.4, 0.5) is 0 Å². The maximum Gasteiger partial charge on any atom is 0.236 e. The highest BCUT2D eigenvalue weighted by molar-refractivity contribution is 14.0. The van der Waals surface area contributed by atoms with Gasteiger partial charge in [-0.1, -0.05) is 18.2 Å². The molecule has 6 nitrogen and oxygen atoms in total. The van der Waals surface area contributed by atoms with E-state index in [2.05, 4.69) is 50.4 Å². The van der Waals surface area contributed by atoms with Gasteiger partial charge in [-0.25, -0.2) is 0 Å². The molecule has 4 rings (SSSR count). The second-order valence-electron chi connectivity index (χ2n) is 8.35. The van der Waals surface area contributed by atoms with Crippen molar-refractivity contribution < 1.29 is 4.79 Å². The molecule has 8 heteroatoms. The summed E-state index contributed by atoms with van der Waals surface area (Å²) in [5.41, 5.74) is 0. The minimum absolute atomic E-state index is 0. The van der Waals surface area contributed by atoms with Gasteiger partial charge in [-0.15, -0.1) is 35.7 Å². The number of piperazine rings is 1. The summed E-state index contributed by atoms with van der Waals surface area (Å²) in [6.07, 6.45) is 4.82. The first-order valence-electron chi connectivity index (χ1n) is 10.9. The van der Waals surface area contributed by atoms with Crippen LogP contribution in [0.1, 0.15) is 25.7 Å². The lowest BCUT2D eigenvalue weighted by molar-refractivity contribution is -0.131. The second kappa shape index (κ2) is 11.0. The smallest absolute Gasteiger partial charge is 0.236 e. The number of carbonyl (C=O) groups is 1. The van der Waals surface area contributed by atoms with Gasteiger partial charge in [0, 0.05) is 62.5 Å². The van der Waals surface area contributed by atoms with Gasteiger partial charge in [0.1, 0.15) is 0 Å². The minimum Gasteiger partial charge on any atom is -0.355 e. The van der Waals surface area contributed by atoms with E-state index in [0.717, 1.165) is 64.6 Å². The van der Waals surface area contributed by atoms with Crippen molar-refractivity contribution >= 4 is 47.6 Å². The van der Waals surface area contributed by atoms with Gasteiger partial charge in [0.05, 0.1) is 6.54 Å². The number of nitrogens with one attached hydrogen (secondary N) is 1. The summed E-state index contributed by atoms with van der Waals surface area (Å²) in [7, 11) is 1.87. The highest BCUT2D eigenvalue weighted by Crippen LogP contribution is 2.51. The Bertz CT molecular complexity index is 713. The molecule has 1 saturated carbocycles. The highest BCUT2D eigenvalue weighted by Gasteiger charge is 2.44. The largest absolute Gasteiger partial charge is 0.355 e. The summed E-state index contributed by atoms with van der Waals surface area (Å²) < 4.78 is 0.307. The fraction of sp³-hybridized carbons (Fsp3) is 0.636. The number of benzene rings is 1. The Balaban J connectivity index is 0.00000256. The van der Waals surface area contributed by atoms with E-state index in [0.29, 0.717) is 17.2 Å². The number of halogens is 1. The van der Waals surface area contributed by atoms with Crippen molar-refractivity contribution in [1.82, 2.24) is 20.0 Å². The lowest BCUT2D eigenvalue weighted by atomic mass is 10.3. The molecule has 1 aromatic rings. The zero-order valence-corrected chi connectivity index (χ0v) is 21.0. The summed E-state index contributed by atoms with van der Waals surface area (Å²) in [5, 5.41) is 3.62. The van der Waals surface area contributed by atoms with Crippen molar-refractivity contribution in [3.05, 3.63) is 30.3 Å². The summed E-state index contributed by atoms with van der Waals surface area (Å²) in [4.78, 5) is 24.9. The van der Waals surface area contributed by atoms with Crippen LogP contribution in [-0.2, 0) is 4.79 Å². The van der Waals surface area contributed by atoms with Crippen molar-refractivity contribution in [3.63, 3.8) is 0 Å². The molecule has 0 atom stereocenters. The van der Waals surface area contributed by atoms with Gasteiger partial charge in [-0.2, -0.15) is 0 Å². The first kappa shape index (κ1) is 23.7. The monoisotopic (exact) mass is 543 g/mol. The van der Waals surface area contributed by atoms with E-state index in [9.17, 15) is 4.79 Å². The Hall–Kier alpha value is -1.00. The molecule has 1 amide bonds. The van der Waals surface area contributed by atoms with Crippen LogP contribution >= 0.6 is 35.7 Å². The van der Waals surface area contributed by atoms with Gasteiger partial charge in [0.2, 0.25) is 5.91 Å². The Morgan fingerprint density at radius 3 is 2.30 bits per heavy atom. The second-order valence-corrected chi connectivity index (χ2v) is 9.89. The first-order valence-corrected chi connectivity index (χ1v) is 11.7. The quantitative estimate of drug-likeness (QED) is 0.340. The van der Waals surface area contributed by atoms with Crippen LogP contribution < -0.4 is 5.32 Å². The number of likely N-dealkylation sites (tertiary alicyclic amines) is 1. The van der Waals surface area contributed by atoms with E-state index in [1.165, 1.54) is 17.7 Å². The molecule has 1 aromatic carbocycles. The van der Waals surface area contributed by atoms with E-state index in [1.54, 1.807) is 0 Å². The Kier molecular flexibility index (Phi) is 8.71. The zero-order valence-electron chi connectivity index (χ0n) is 17.9. The number of aliphatic imine (C=N–C) groups is 1. The topological polar surface area (TPSA) is 51.2 Å². The van der Waals surface area contributed by atoms with Crippen LogP contribution in [0.5, 0.6) is 0 Å². The number of rotatable bonds is 6. The Labute approximate surface area is 201 Å². The highest BCUT2D eigenvalue weighted by atomic mass is 127. The molecule has 1 N–H and O–H groups in total. The van der Waals surface area contributed by atoms with Crippen molar-refractivity contribution in [2.24, 2.45) is 4.99 Å². The molecule has 30 heavy (non-hydrogen) atoms. The predicted molar refractivity (Wildman–Crippen MR) is 135 cm³/mol. The van der Waals surface area contributed by atoms with Gasteiger partial charge < -0.3 is 15.1 Å². The molecular formula is C22H34IN5OS. The molecule has 0 aromatic heterocycles. The van der Waals surface area contributed by atoms with Crippen molar-refractivity contribution in [2.75, 3.05) is 59.4 Å². The van der Waals surface area contributed by atoms with E-state index >= 15 is 0 Å². The average Bonchev–Trinajstić information content (AvgIpc) is 3.27. The minimum atomic E-state index is 0. The lowest BCUT2D eigenvalue weighted by Gasteiger charge is -2.37. The molecule has 2 heterocycles. The number of carbonyl (C=O) groups excluding carboxylic acids is 1. The number of guanidine groups is 1. The van der Waals surface area contributed by atoms with Crippen LogP contribution in [0.3, 0.4) is 0 Å². The van der Waals surface area contributed by atoms with Gasteiger partial charge in [-0.3, -0.25) is 14.7 Å².